The lowest BCUT2D eigenvalue weighted by Gasteiger charge is -2.14. The van der Waals surface area contributed by atoms with E-state index in [0.717, 1.165) is 11.7 Å². The SMILES string of the molecule is CC1(C)CN2C=CSC2=N1. The van der Waals surface area contributed by atoms with E-state index in [2.05, 4.69) is 35.3 Å². The molecule has 0 aromatic carbocycles. The van der Waals surface area contributed by atoms with Crippen molar-refractivity contribution in [1.29, 1.82) is 0 Å². The molecule has 10 heavy (non-hydrogen) atoms. The molecule has 0 radical (unpaired) electrons. The first kappa shape index (κ1) is 6.28. The number of hydrogen-bond acceptors (Lipinski definition) is 3. The first-order chi connectivity index (χ1) is 4.67. The van der Waals surface area contributed by atoms with E-state index in [1.165, 1.54) is 0 Å². The van der Waals surface area contributed by atoms with E-state index in [4.69, 9.17) is 0 Å². The lowest BCUT2D eigenvalue weighted by molar-refractivity contribution is 0.454. The van der Waals surface area contributed by atoms with Crippen LogP contribution in [-0.2, 0) is 0 Å². The molecule has 0 fully saturated rings. The number of hydrogen-bond donors (Lipinski definition) is 0. The third-order valence-electron chi connectivity index (χ3n) is 1.62. The molecule has 2 heterocycles. The van der Waals surface area contributed by atoms with E-state index in [1.807, 2.05) is 0 Å². The smallest absolute Gasteiger partial charge is 0.168 e. The average Bonchev–Trinajstić information content (AvgIpc) is 2.20. The average molecular weight is 154 g/mol. The Balaban J connectivity index is 2.27. The molecule has 0 bridgehead atoms. The molecule has 0 saturated carbocycles. The quantitative estimate of drug-likeness (QED) is 0.527. The largest absolute Gasteiger partial charge is 0.325 e. The number of rotatable bonds is 0. The van der Waals surface area contributed by atoms with Crippen molar-refractivity contribution in [2.45, 2.75) is 19.4 Å². The fourth-order valence-electron chi connectivity index (χ4n) is 1.22. The lowest BCUT2D eigenvalue weighted by atomic mass is 10.1. The minimum absolute atomic E-state index is 0.132. The second-order valence-corrected chi connectivity index (χ2v) is 4.11. The highest BCUT2D eigenvalue weighted by Crippen LogP contribution is 2.30. The predicted molar refractivity (Wildman–Crippen MR) is 45.0 cm³/mol. The number of fused-ring (bicyclic) bond motifs is 1. The molecule has 3 heteroatoms. The second-order valence-electron chi connectivity index (χ2n) is 3.24. The molecule has 0 aromatic rings. The van der Waals surface area contributed by atoms with Gasteiger partial charge in [-0.2, -0.15) is 0 Å². The van der Waals surface area contributed by atoms with E-state index in [0.29, 0.717) is 0 Å². The molecule has 2 aliphatic heterocycles. The molecular weight excluding hydrogens is 144 g/mol. The van der Waals surface area contributed by atoms with Crippen LogP contribution in [0.2, 0.25) is 0 Å². The standard InChI is InChI=1S/C7H10N2S/c1-7(2)5-9-3-4-10-6(9)8-7/h3-4H,5H2,1-2H3. The van der Waals surface area contributed by atoms with Crippen LogP contribution in [0.3, 0.4) is 0 Å². The Morgan fingerprint density at radius 3 is 3.20 bits per heavy atom. The van der Waals surface area contributed by atoms with Gasteiger partial charge in [-0.3, -0.25) is 4.99 Å². The molecule has 0 N–H and O–H groups in total. The van der Waals surface area contributed by atoms with Gasteiger partial charge in [-0.05, 0) is 19.3 Å². The summed E-state index contributed by atoms with van der Waals surface area (Å²) in [6.07, 6.45) is 2.10. The van der Waals surface area contributed by atoms with Gasteiger partial charge in [0.2, 0.25) is 0 Å². The van der Waals surface area contributed by atoms with Crippen LogP contribution >= 0.6 is 11.8 Å². The molecule has 0 amide bonds. The summed E-state index contributed by atoms with van der Waals surface area (Å²) in [5, 5.41) is 3.23. The lowest BCUT2D eigenvalue weighted by Crippen LogP contribution is -2.25. The maximum absolute atomic E-state index is 4.53. The summed E-state index contributed by atoms with van der Waals surface area (Å²) in [7, 11) is 0. The zero-order valence-corrected chi connectivity index (χ0v) is 6.98. The molecule has 0 aliphatic carbocycles. The normalized spacial score (nSPS) is 27.0. The maximum Gasteiger partial charge on any atom is 0.168 e. The van der Waals surface area contributed by atoms with Crippen molar-refractivity contribution in [3.63, 3.8) is 0 Å². The molecule has 2 rings (SSSR count). The molecule has 54 valence electrons. The zero-order valence-electron chi connectivity index (χ0n) is 6.16. The number of amidine groups is 1. The van der Waals surface area contributed by atoms with Gasteiger partial charge in [-0.1, -0.05) is 11.8 Å². The first-order valence-electron chi connectivity index (χ1n) is 3.37. The van der Waals surface area contributed by atoms with Crippen molar-refractivity contribution >= 4 is 16.9 Å². The van der Waals surface area contributed by atoms with Crippen molar-refractivity contribution in [1.82, 2.24) is 4.90 Å². The van der Waals surface area contributed by atoms with E-state index >= 15 is 0 Å². The molecule has 0 spiro atoms. The zero-order chi connectivity index (χ0) is 7.19. The molecule has 0 unspecified atom stereocenters. The Morgan fingerprint density at radius 2 is 2.50 bits per heavy atom. The van der Waals surface area contributed by atoms with Crippen LogP contribution in [0.4, 0.5) is 0 Å². The van der Waals surface area contributed by atoms with Gasteiger partial charge in [0, 0.05) is 12.7 Å². The second kappa shape index (κ2) is 1.78. The predicted octanol–water partition coefficient (Wildman–Crippen LogP) is 1.65. The van der Waals surface area contributed by atoms with Crippen LogP contribution in [0, 0.1) is 0 Å². The van der Waals surface area contributed by atoms with Gasteiger partial charge in [0.1, 0.15) is 0 Å². The summed E-state index contributed by atoms with van der Waals surface area (Å²) in [6, 6.07) is 0. The third kappa shape index (κ3) is 0.850. The van der Waals surface area contributed by atoms with E-state index in [-0.39, 0.29) is 5.54 Å². The summed E-state index contributed by atoms with van der Waals surface area (Å²) in [5.41, 5.74) is 0.132. The number of aliphatic imine (C=N–C) groups is 1. The summed E-state index contributed by atoms with van der Waals surface area (Å²) < 4.78 is 0. The number of thioether (sulfide) groups is 1. The van der Waals surface area contributed by atoms with Crippen LogP contribution in [0.1, 0.15) is 13.8 Å². The van der Waals surface area contributed by atoms with Crippen LogP contribution < -0.4 is 0 Å². The Morgan fingerprint density at radius 1 is 1.70 bits per heavy atom. The third-order valence-corrected chi connectivity index (χ3v) is 2.41. The van der Waals surface area contributed by atoms with Crippen molar-refractivity contribution in [2.75, 3.05) is 6.54 Å². The topological polar surface area (TPSA) is 15.6 Å². The van der Waals surface area contributed by atoms with Gasteiger partial charge >= 0.3 is 0 Å². The van der Waals surface area contributed by atoms with E-state index in [9.17, 15) is 0 Å². The first-order valence-corrected chi connectivity index (χ1v) is 4.25. The Kier molecular flexibility index (Phi) is 1.12. The summed E-state index contributed by atoms with van der Waals surface area (Å²) in [4.78, 5) is 6.72. The van der Waals surface area contributed by atoms with Crippen LogP contribution in [0.15, 0.2) is 16.6 Å². The Labute approximate surface area is 65.0 Å². The van der Waals surface area contributed by atoms with Crippen molar-refractivity contribution in [3.05, 3.63) is 11.6 Å². The summed E-state index contributed by atoms with van der Waals surface area (Å²) in [5.74, 6) is 0. The molecule has 0 saturated heterocycles. The van der Waals surface area contributed by atoms with Crippen LogP contribution in [0.25, 0.3) is 0 Å². The van der Waals surface area contributed by atoms with E-state index in [1.54, 1.807) is 11.8 Å². The summed E-state index contributed by atoms with van der Waals surface area (Å²) in [6.45, 7) is 5.35. The van der Waals surface area contributed by atoms with Gasteiger partial charge in [-0.15, -0.1) is 0 Å². The fourth-order valence-corrected chi connectivity index (χ4v) is 2.11. The Hall–Kier alpha value is -0.440. The van der Waals surface area contributed by atoms with E-state index < -0.39 is 0 Å². The van der Waals surface area contributed by atoms with Gasteiger partial charge in [-0.25, -0.2) is 0 Å². The monoisotopic (exact) mass is 154 g/mol. The molecule has 0 atom stereocenters. The maximum atomic E-state index is 4.53. The van der Waals surface area contributed by atoms with Gasteiger partial charge in [0.25, 0.3) is 0 Å². The van der Waals surface area contributed by atoms with Gasteiger partial charge in [0.05, 0.1) is 5.54 Å². The van der Waals surface area contributed by atoms with Crippen LogP contribution in [-0.4, -0.2) is 22.2 Å². The Bertz CT molecular complexity index is 218. The summed E-state index contributed by atoms with van der Waals surface area (Å²) >= 11 is 1.71. The minimum Gasteiger partial charge on any atom is -0.325 e. The molecular formula is C7H10N2S. The molecule has 2 aliphatic rings. The van der Waals surface area contributed by atoms with Crippen molar-refractivity contribution < 1.29 is 0 Å². The van der Waals surface area contributed by atoms with Gasteiger partial charge in [0.15, 0.2) is 5.17 Å². The highest BCUT2D eigenvalue weighted by Gasteiger charge is 2.31. The minimum atomic E-state index is 0.132. The number of nitrogens with zero attached hydrogens (tertiary/aromatic N) is 2. The van der Waals surface area contributed by atoms with Crippen LogP contribution in [0.5, 0.6) is 0 Å². The van der Waals surface area contributed by atoms with Crippen molar-refractivity contribution in [3.8, 4) is 0 Å². The van der Waals surface area contributed by atoms with Crippen molar-refractivity contribution in [2.24, 2.45) is 4.99 Å². The van der Waals surface area contributed by atoms with Gasteiger partial charge < -0.3 is 4.90 Å². The molecule has 2 nitrogen and oxygen atoms in total. The molecule has 0 aromatic heterocycles. The fraction of sp³-hybridized carbons (Fsp3) is 0.571. The highest BCUT2D eigenvalue weighted by molar-refractivity contribution is 8.16. The highest BCUT2D eigenvalue weighted by atomic mass is 32.2.